The number of nitrogens with zero attached hydrogens (tertiary/aromatic N) is 1. The monoisotopic (exact) mass is 212 g/mol. The van der Waals surface area contributed by atoms with Crippen LogP contribution in [-0.4, -0.2) is 18.3 Å². The predicted molar refractivity (Wildman–Crippen MR) is 60.7 cm³/mol. The number of rotatable bonds is 2. The molecule has 1 aromatic rings. The van der Waals surface area contributed by atoms with Crippen molar-refractivity contribution in [1.29, 1.82) is 0 Å². The van der Waals surface area contributed by atoms with E-state index in [1.807, 2.05) is 11.3 Å². The van der Waals surface area contributed by atoms with Crippen molar-refractivity contribution in [2.75, 3.05) is 13.1 Å². The van der Waals surface area contributed by atoms with Crippen LogP contribution in [0.15, 0.2) is 16.4 Å². The van der Waals surface area contributed by atoms with E-state index in [9.17, 15) is 0 Å². The van der Waals surface area contributed by atoms with E-state index < -0.39 is 0 Å². The molecule has 0 aromatic carbocycles. The zero-order valence-electron chi connectivity index (χ0n) is 7.54. The second-order valence-corrected chi connectivity index (χ2v) is 4.89. The van der Waals surface area contributed by atoms with Crippen molar-refractivity contribution >= 4 is 28.3 Å². The Morgan fingerprint density at radius 3 is 3.23 bits per heavy atom. The minimum absolute atomic E-state index is 0.936. The molecule has 0 saturated heterocycles. The highest BCUT2D eigenvalue weighted by atomic mass is 32.2. The van der Waals surface area contributed by atoms with Crippen molar-refractivity contribution in [1.82, 2.24) is 5.32 Å². The van der Waals surface area contributed by atoms with Crippen LogP contribution in [0.1, 0.15) is 10.4 Å². The summed E-state index contributed by atoms with van der Waals surface area (Å²) < 4.78 is 0. The van der Waals surface area contributed by atoms with Gasteiger partial charge in [0.25, 0.3) is 0 Å². The van der Waals surface area contributed by atoms with E-state index in [2.05, 4.69) is 28.7 Å². The standard InChI is InChI=1S/C9H12N2S2/c1-7-2-5-12-8(7)6-13-9-10-3-4-11-9/h2,5H,3-4,6H2,1H3,(H,10,11). The van der Waals surface area contributed by atoms with Crippen LogP contribution >= 0.6 is 23.1 Å². The van der Waals surface area contributed by atoms with Crippen molar-refractivity contribution in [2.24, 2.45) is 4.99 Å². The Bertz CT molecular complexity index is 317. The lowest BCUT2D eigenvalue weighted by Crippen LogP contribution is -2.14. The summed E-state index contributed by atoms with van der Waals surface area (Å²) >= 11 is 3.63. The quantitative estimate of drug-likeness (QED) is 0.813. The summed E-state index contributed by atoms with van der Waals surface area (Å²) in [4.78, 5) is 5.80. The van der Waals surface area contributed by atoms with Crippen LogP contribution in [0.2, 0.25) is 0 Å². The fourth-order valence-corrected chi connectivity index (χ4v) is 3.18. The minimum Gasteiger partial charge on any atom is -0.363 e. The maximum atomic E-state index is 4.34. The molecular weight excluding hydrogens is 200 g/mol. The van der Waals surface area contributed by atoms with E-state index in [-0.39, 0.29) is 0 Å². The lowest BCUT2D eigenvalue weighted by Gasteiger charge is -2.00. The van der Waals surface area contributed by atoms with Gasteiger partial charge in [0.15, 0.2) is 5.17 Å². The number of aryl methyl sites for hydroxylation is 1. The van der Waals surface area contributed by atoms with E-state index in [0.717, 1.165) is 24.0 Å². The average molecular weight is 212 g/mol. The molecule has 1 aliphatic rings. The minimum atomic E-state index is 0.936. The Hall–Kier alpha value is -0.480. The fraction of sp³-hybridized carbons (Fsp3) is 0.444. The number of nitrogens with one attached hydrogen (secondary N) is 1. The molecule has 0 atom stereocenters. The Morgan fingerprint density at radius 1 is 1.69 bits per heavy atom. The van der Waals surface area contributed by atoms with Gasteiger partial charge in [-0.15, -0.1) is 11.3 Å². The fourth-order valence-electron chi connectivity index (χ4n) is 1.16. The first-order valence-corrected chi connectivity index (χ1v) is 6.17. The van der Waals surface area contributed by atoms with Crippen LogP contribution in [0.4, 0.5) is 0 Å². The van der Waals surface area contributed by atoms with Crippen molar-refractivity contribution in [2.45, 2.75) is 12.7 Å². The third-order valence-electron chi connectivity index (χ3n) is 1.95. The van der Waals surface area contributed by atoms with Gasteiger partial charge in [0.05, 0.1) is 6.54 Å². The third kappa shape index (κ3) is 2.25. The first-order chi connectivity index (χ1) is 6.36. The largest absolute Gasteiger partial charge is 0.363 e. The van der Waals surface area contributed by atoms with E-state index in [1.54, 1.807) is 11.8 Å². The van der Waals surface area contributed by atoms with Crippen molar-refractivity contribution in [3.8, 4) is 0 Å². The van der Waals surface area contributed by atoms with Crippen molar-refractivity contribution in [3.63, 3.8) is 0 Å². The number of hydrogen-bond donors (Lipinski definition) is 1. The van der Waals surface area contributed by atoms with Gasteiger partial charge in [-0.2, -0.15) is 0 Å². The molecule has 4 heteroatoms. The molecule has 0 radical (unpaired) electrons. The van der Waals surface area contributed by atoms with Crippen LogP contribution in [0.5, 0.6) is 0 Å². The Labute approximate surface area is 86.5 Å². The topological polar surface area (TPSA) is 24.4 Å². The SMILES string of the molecule is Cc1ccsc1CSC1=NCCN1. The summed E-state index contributed by atoms with van der Waals surface area (Å²) in [5.74, 6) is 1.05. The van der Waals surface area contributed by atoms with Gasteiger partial charge in [0, 0.05) is 17.2 Å². The highest BCUT2D eigenvalue weighted by Crippen LogP contribution is 2.22. The van der Waals surface area contributed by atoms with Crippen molar-refractivity contribution in [3.05, 3.63) is 21.9 Å². The molecule has 0 fully saturated rings. The van der Waals surface area contributed by atoms with E-state index >= 15 is 0 Å². The number of hydrogen-bond acceptors (Lipinski definition) is 4. The predicted octanol–water partition coefficient (Wildman–Crippen LogP) is 2.25. The second-order valence-electron chi connectivity index (χ2n) is 2.93. The molecule has 2 rings (SSSR count). The van der Waals surface area contributed by atoms with E-state index in [1.165, 1.54) is 10.4 Å². The molecule has 2 heterocycles. The van der Waals surface area contributed by atoms with Gasteiger partial charge in [0.1, 0.15) is 0 Å². The van der Waals surface area contributed by atoms with E-state index in [0.29, 0.717) is 0 Å². The Kier molecular flexibility index (Phi) is 2.90. The van der Waals surface area contributed by atoms with Crippen LogP contribution < -0.4 is 5.32 Å². The molecular formula is C9H12N2S2. The number of thioether (sulfide) groups is 1. The lowest BCUT2D eigenvalue weighted by molar-refractivity contribution is 0.963. The number of aliphatic imine (C=N–C) groups is 1. The van der Waals surface area contributed by atoms with Gasteiger partial charge >= 0.3 is 0 Å². The molecule has 1 aliphatic heterocycles. The van der Waals surface area contributed by atoms with E-state index in [4.69, 9.17) is 0 Å². The summed E-state index contributed by atoms with van der Waals surface area (Å²) in [6.45, 7) is 4.10. The molecule has 0 unspecified atom stereocenters. The maximum absolute atomic E-state index is 4.34. The number of thiophene rings is 1. The summed E-state index contributed by atoms with van der Waals surface area (Å²) in [5, 5.41) is 6.51. The van der Waals surface area contributed by atoms with Gasteiger partial charge in [-0.3, -0.25) is 4.99 Å². The molecule has 70 valence electrons. The molecule has 13 heavy (non-hydrogen) atoms. The summed E-state index contributed by atoms with van der Waals surface area (Å²) in [6, 6.07) is 2.17. The molecule has 0 amide bonds. The highest BCUT2D eigenvalue weighted by Gasteiger charge is 2.07. The zero-order valence-corrected chi connectivity index (χ0v) is 9.17. The van der Waals surface area contributed by atoms with Gasteiger partial charge in [0.2, 0.25) is 0 Å². The van der Waals surface area contributed by atoms with Crippen LogP contribution in [0.25, 0.3) is 0 Å². The zero-order chi connectivity index (χ0) is 9.10. The van der Waals surface area contributed by atoms with Crippen LogP contribution in [0.3, 0.4) is 0 Å². The maximum Gasteiger partial charge on any atom is 0.157 e. The molecule has 2 nitrogen and oxygen atoms in total. The number of amidine groups is 1. The molecule has 1 aromatic heterocycles. The first-order valence-electron chi connectivity index (χ1n) is 4.30. The third-order valence-corrected chi connectivity index (χ3v) is 4.14. The van der Waals surface area contributed by atoms with Crippen molar-refractivity contribution < 1.29 is 0 Å². The van der Waals surface area contributed by atoms with Gasteiger partial charge < -0.3 is 5.32 Å². The van der Waals surface area contributed by atoms with Crippen LogP contribution in [0, 0.1) is 6.92 Å². The Morgan fingerprint density at radius 2 is 2.62 bits per heavy atom. The molecule has 0 saturated carbocycles. The second kappa shape index (κ2) is 4.15. The molecule has 0 spiro atoms. The average Bonchev–Trinajstić information content (AvgIpc) is 2.72. The molecule has 0 aliphatic carbocycles. The molecule has 0 bridgehead atoms. The summed E-state index contributed by atoms with van der Waals surface area (Å²) in [7, 11) is 0. The Balaban J connectivity index is 1.89. The first kappa shape index (κ1) is 9.09. The van der Waals surface area contributed by atoms with Crippen LogP contribution in [-0.2, 0) is 5.75 Å². The summed E-state index contributed by atoms with van der Waals surface area (Å²) in [5.41, 5.74) is 1.40. The van der Waals surface area contributed by atoms with Gasteiger partial charge in [-0.25, -0.2) is 0 Å². The normalized spacial score (nSPS) is 15.6. The summed E-state index contributed by atoms with van der Waals surface area (Å²) in [6.07, 6.45) is 0. The smallest absolute Gasteiger partial charge is 0.157 e. The van der Waals surface area contributed by atoms with Gasteiger partial charge in [-0.05, 0) is 23.9 Å². The molecule has 1 N–H and O–H groups in total. The highest BCUT2D eigenvalue weighted by molar-refractivity contribution is 8.13. The lowest BCUT2D eigenvalue weighted by atomic mass is 10.3. The van der Waals surface area contributed by atoms with Gasteiger partial charge in [-0.1, -0.05) is 11.8 Å².